The molecule has 2 N–H and O–H groups in total. The van der Waals surface area contributed by atoms with E-state index < -0.39 is 0 Å². The second kappa shape index (κ2) is 9.47. The lowest BCUT2D eigenvalue weighted by Crippen LogP contribution is -2.15. The lowest BCUT2D eigenvalue weighted by Gasteiger charge is -2.15. The van der Waals surface area contributed by atoms with Crippen molar-refractivity contribution in [3.05, 3.63) is 58.4 Å². The number of rotatable bonds is 9. The summed E-state index contributed by atoms with van der Waals surface area (Å²) in [7, 11) is 1.53. The zero-order valence-electron chi connectivity index (χ0n) is 13.5. The molecular formula is C18H21ClFNO3. The van der Waals surface area contributed by atoms with E-state index in [0.717, 1.165) is 5.56 Å². The second-order valence-electron chi connectivity index (χ2n) is 5.24. The zero-order valence-corrected chi connectivity index (χ0v) is 14.3. The largest absolute Gasteiger partial charge is 0.493 e. The number of aliphatic hydroxyl groups excluding tert-OH is 1. The summed E-state index contributed by atoms with van der Waals surface area (Å²) in [5.74, 6) is 0.566. The summed E-state index contributed by atoms with van der Waals surface area (Å²) < 4.78 is 24.7. The van der Waals surface area contributed by atoms with Crippen molar-refractivity contribution in [3.63, 3.8) is 0 Å². The molecule has 0 heterocycles. The Bertz CT molecular complexity index is 667. The van der Waals surface area contributed by atoms with Crippen LogP contribution in [0.2, 0.25) is 5.02 Å². The molecule has 2 aromatic rings. The Morgan fingerprint density at radius 1 is 1.25 bits per heavy atom. The van der Waals surface area contributed by atoms with E-state index in [4.69, 9.17) is 26.2 Å². The minimum absolute atomic E-state index is 0.0663. The van der Waals surface area contributed by atoms with Gasteiger partial charge < -0.3 is 19.9 Å². The maximum Gasteiger partial charge on any atom is 0.180 e. The number of ether oxygens (including phenoxy) is 2. The van der Waals surface area contributed by atoms with E-state index in [1.54, 1.807) is 24.3 Å². The Hall–Kier alpha value is -1.82. The van der Waals surface area contributed by atoms with Crippen molar-refractivity contribution >= 4 is 11.6 Å². The Morgan fingerprint density at radius 3 is 2.75 bits per heavy atom. The van der Waals surface area contributed by atoms with Gasteiger partial charge in [0.05, 0.1) is 12.1 Å². The molecule has 0 aliphatic carbocycles. The minimum Gasteiger partial charge on any atom is -0.493 e. The van der Waals surface area contributed by atoms with Crippen molar-refractivity contribution in [2.24, 2.45) is 0 Å². The van der Waals surface area contributed by atoms with Gasteiger partial charge in [-0.25, -0.2) is 4.39 Å². The number of nitrogens with one attached hydrogen (secondary N) is 1. The van der Waals surface area contributed by atoms with Crippen molar-refractivity contribution in [1.29, 1.82) is 0 Å². The summed E-state index contributed by atoms with van der Waals surface area (Å²) in [6.07, 6.45) is 0.689. The SMILES string of the molecule is COc1cc(CNCCCO)cc(Cl)c1OCc1ccccc1F. The third kappa shape index (κ3) is 5.09. The van der Waals surface area contributed by atoms with Crippen molar-refractivity contribution < 1.29 is 19.0 Å². The molecule has 2 aromatic carbocycles. The number of halogens is 2. The first-order valence-corrected chi connectivity index (χ1v) is 8.07. The number of methoxy groups -OCH3 is 1. The fourth-order valence-corrected chi connectivity index (χ4v) is 2.51. The van der Waals surface area contributed by atoms with Gasteiger partial charge in [0.15, 0.2) is 11.5 Å². The van der Waals surface area contributed by atoms with Crippen molar-refractivity contribution in [2.45, 2.75) is 19.6 Å². The maximum atomic E-state index is 13.7. The van der Waals surface area contributed by atoms with E-state index in [-0.39, 0.29) is 19.0 Å². The minimum atomic E-state index is -0.322. The van der Waals surface area contributed by atoms with Crippen LogP contribution in [0.3, 0.4) is 0 Å². The molecule has 0 saturated carbocycles. The third-order valence-electron chi connectivity index (χ3n) is 3.46. The van der Waals surface area contributed by atoms with Gasteiger partial charge in [0.25, 0.3) is 0 Å². The highest BCUT2D eigenvalue weighted by Crippen LogP contribution is 2.37. The monoisotopic (exact) mass is 353 g/mol. The summed E-state index contributed by atoms with van der Waals surface area (Å²) in [5.41, 5.74) is 1.39. The molecule has 2 rings (SSSR count). The van der Waals surface area contributed by atoms with E-state index in [1.807, 2.05) is 6.07 Å². The van der Waals surface area contributed by atoms with Crippen molar-refractivity contribution in [3.8, 4) is 11.5 Å². The fourth-order valence-electron chi connectivity index (χ4n) is 2.22. The fraction of sp³-hybridized carbons (Fsp3) is 0.333. The number of aliphatic hydroxyl groups is 1. The van der Waals surface area contributed by atoms with Crippen LogP contribution in [0.5, 0.6) is 11.5 Å². The van der Waals surface area contributed by atoms with Gasteiger partial charge in [-0.15, -0.1) is 0 Å². The molecular weight excluding hydrogens is 333 g/mol. The number of hydrogen-bond acceptors (Lipinski definition) is 4. The predicted octanol–water partition coefficient (Wildman–Crippen LogP) is 3.54. The molecule has 0 aromatic heterocycles. The van der Waals surface area contributed by atoms with Gasteiger partial charge in [-0.1, -0.05) is 29.8 Å². The van der Waals surface area contributed by atoms with Crippen LogP contribution in [-0.4, -0.2) is 25.4 Å². The highest BCUT2D eigenvalue weighted by molar-refractivity contribution is 6.32. The maximum absolute atomic E-state index is 13.7. The van der Waals surface area contributed by atoms with Gasteiger partial charge in [-0.2, -0.15) is 0 Å². The normalized spacial score (nSPS) is 10.7. The lowest BCUT2D eigenvalue weighted by atomic mass is 10.2. The molecule has 24 heavy (non-hydrogen) atoms. The first-order chi connectivity index (χ1) is 11.7. The average Bonchev–Trinajstić information content (AvgIpc) is 2.58. The van der Waals surface area contributed by atoms with Crippen LogP contribution in [-0.2, 0) is 13.2 Å². The van der Waals surface area contributed by atoms with Crippen LogP contribution >= 0.6 is 11.6 Å². The molecule has 130 valence electrons. The highest BCUT2D eigenvalue weighted by Gasteiger charge is 2.13. The average molecular weight is 354 g/mol. The Labute approximate surface area is 146 Å². The first kappa shape index (κ1) is 18.5. The molecule has 0 radical (unpaired) electrons. The van der Waals surface area contributed by atoms with Crippen LogP contribution in [0.4, 0.5) is 4.39 Å². The van der Waals surface area contributed by atoms with Gasteiger partial charge in [0.2, 0.25) is 0 Å². The molecule has 0 bridgehead atoms. The molecule has 0 fully saturated rings. The van der Waals surface area contributed by atoms with E-state index >= 15 is 0 Å². The molecule has 0 aliphatic heterocycles. The quantitative estimate of drug-likeness (QED) is 0.677. The summed E-state index contributed by atoms with van der Waals surface area (Å²) in [5, 5.41) is 12.4. The number of hydrogen-bond donors (Lipinski definition) is 2. The van der Waals surface area contributed by atoms with Gasteiger partial charge in [0, 0.05) is 18.7 Å². The van der Waals surface area contributed by atoms with E-state index in [2.05, 4.69) is 5.32 Å². The molecule has 0 unspecified atom stereocenters. The first-order valence-electron chi connectivity index (χ1n) is 7.70. The van der Waals surface area contributed by atoms with Gasteiger partial charge in [-0.3, -0.25) is 0 Å². The predicted molar refractivity (Wildman–Crippen MR) is 92.1 cm³/mol. The van der Waals surface area contributed by atoms with Crippen molar-refractivity contribution in [2.75, 3.05) is 20.3 Å². The van der Waals surface area contributed by atoms with Gasteiger partial charge in [-0.05, 0) is 36.7 Å². The van der Waals surface area contributed by atoms with Crippen LogP contribution in [0.25, 0.3) is 0 Å². The van der Waals surface area contributed by atoms with E-state index in [9.17, 15) is 4.39 Å². The summed E-state index contributed by atoms with van der Waals surface area (Å²) in [6, 6.07) is 10.0. The zero-order chi connectivity index (χ0) is 17.4. The Kier molecular flexibility index (Phi) is 7.31. The van der Waals surface area contributed by atoms with E-state index in [0.29, 0.717) is 41.6 Å². The highest BCUT2D eigenvalue weighted by atomic mass is 35.5. The Balaban J connectivity index is 2.08. The van der Waals surface area contributed by atoms with Crippen LogP contribution in [0.15, 0.2) is 36.4 Å². The summed E-state index contributed by atoms with van der Waals surface area (Å²) >= 11 is 6.29. The lowest BCUT2D eigenvalue weighted by molar-refractivity contribution is 0.279. The van der Waals surface area contributed by atoms with Crippen molar-refractivity contribution in [1.82, 2.24) is 5.32 Å². The Morgan fingerprint density at radius 2 is 2.04 bits per heavy atom. The molecule has 0 atom stereocenters. The smallest absolute Gasteiger partial charge is 0.180 e. The van der Waals surface area contributed by atoms with Crippen LogP contribution in [0, 0.1) is 5.82 Å². The van der Waals surface area contributed by atoms with Gasteiger partial charge in [0.1, 0.15) is 12.4 Å². The standard InChI is InChI=1S/C18H21ClFNO3/c1-23-17-10-13(11-21-7-4-8-22)9-15(19)18(17)24-12-14-5-2-3-6-16(14)20/h2-3,5-6,9-10,21-22H,4,7-8,11-12H2,1H3. The third-order valence-corrected chi connectivity index (χ3v) is 3.74. The molecule has 0 amide bonds. The number of benzene rings is 2. The summed E-state index contributed by atoms with van der Waals surface area (Å²) in [6.45, 7) is 1.53. The van der Waals surface area contributed by atoms with E-state index in [1.165, 1.54) is 13.2 Å². The van der Waals surface area contributed by atoms with Crippen LogP contribution in [0.1, 0.15) is 17.5 Å². The molecule has 0 saturated heterocycles. The van der Waals surface area contributed by atoms with Crippen LogP contribution < -0.4 is 14.8 Å². The topological polar surface area (TPSA) is 50.7 Å². The molecule has 0 aliphatic rings. The second-order valence-corrected chi connectivity index (χ2v) is 5.65. The summed E-state index contributed by atoms with van der Waals surface area (Å²) in [4.78, 5) is 0. The molecule has 4 nitrogen and oxygen atoms in total. The van der Waals surface area contributed by atoms with Gasteiger partial charge >= 0.3 is 0 Å². The molecule has 6 heteroatoms. The molecule has 0 spiro atoms.